The van der Waals surface area contributed by atoms with Gasteiger partial charge in [0.2, 0.25) is 11.8 Å². The van der Waals surface area contributed by atoms with Crippen LogP contribution >= 0.6 is 0 Å². The molecule has 0 aromatic rings. The molecule has 1 atom stereocenters. The van der Waals surface area contributed by atoms with Crippen molar-refractivity contribution in [2.75, 3.05) is 52.9 Å². The molecule has 110 valence electrons. The van der Waals surface area contributed by atoms with Gasteiger partial charge < -0.3 is 21.3 Å². The smallest absolute Gasteiger partial charge is 0.234 e. The summed E-state index contributed by atoms with van der Waals surface area (Å²) in [5, 5.41) is 5.43. The molecule has 2 amide bonds. The number of hydrogen-bond donors (Lipinski definition) is 3. The maximum atomic E-state index is 11.8. The highest BCUT2D eigenvalue weighted by atomic mass is 16.2. The van der Waals surface area contributed by atoms with Crippen LogP contribution in [0.3, 0.4) is 0 Å². The highest BCUT2D eigenvalue weighted by Gasteiger charge is 2.25. The summed E-state index contributed by atoms with van der Waals surface area (Å²) in [4.78, 5) is 26.8. The van der Waals surface area contributed by atoms with Crippen LogP contribution in [0.2, 0.25) is 0 Å². The normalized spacial score (nSPS) is 21.1. The maximum absolute atomic E-state index is 11.8. The van der Waals surface area contributed by atoms with Gasteiger partial charge >= 0.3 is 0 Å². The minimum Gasteiger partial charge on any atom is -0.355 e. The molecule has 1 saturated heterocycles. The van der Waals surface area contributed by atoms with Crippen molar-refractivity contribution in [1.29, 1.82) is 0 Å². The van der Waals surface area contributed by atoms with Gasteiger partial charge in [-0.1, -0.05) is 0 Å². The van der Waals surface area contributed by atoms with E-state index in [9.17, 15) is 9.59 Å². The van der Waals surface area contributed by atoms with Crippen LogP contribution in [0.4, 0.5) is 0 Å². The Bertz CT molecular complexity index is 310. The fraction of sp³-hybridized carbons (Fsp3) is 0.833. The Kier molecular flexibility index (Phi) is 6.75. The molecule has 4 N–H and O–H groups in total. The molecule has 1 aliphatic rings. The van der Waals surface area contributed by atoms with E-state index in [0.717, 1.165) is 19.6 Å². The summed E-state index contributed by atoms with van der Waals surface area (Å²) in [7, 11) is 2.06. The Morgan fingerprint density at radius 3 is 2.58 bits per heavy atom. The molecular formula is C12H25N5O2. The van der Waals surface area contributed by atoms with Gasteiger partial charge in [0, 0.05) is 52.2 Å². The summed E-state index contributed by atoms with van der Waals surface area (Å²) in [5.74, 6) is -0.107. The number of nitrogens with zero attached hydrogens (tertiary/aromatic N) is 2. The quantitative estimate of drug-likeness (QED) is 0.478. The molecular weight excluding hydrogens is 246 g/mol. The second-order valence-electron chi connectivity index (χ2n) is 4.96. The number of piperazine rings is 1. The summed E-state index contributed by atoms with van der Waals surface area (Å²) in [6.45, 7) is 6.02. The molecule has 1 aliphatic heterocycles. The van der Waals surface area contributed by atoms with Gasteiger partial charge in [-0.2, -0.15) is 0 Å². The molecule has 0 aliphatic carbocycles. The highest BCUT2D eigenvalue weighted by molar-refractivity contribution is 5.78. The first-order chi connectivity index (χ1) is 9.02. The first kappa shape index (κ1) is 15.9. The molecule has 1 heterocycles. The van der Waals surface area contributed by atoms with E-state index in [2.05, 4.69) is 27.5 Å². The van der Waals surface area contributed by atoms with Crippen molar-refractivity contribution in [3.05, 3.63) is 0 Å². The lowest BCUT2D eigenvalue weighted by molar-refractivity contribution is -0.124. The number of rotatable bonds is 6. The van der Waals surface area contributed by atoms with Crippen molar-refractivity contribution in [2.24, 2.45) is 5.73 Å². The lowest BCUT2D eigenvalue weighted by Gasteiger charge is -2.39. The first-order valence-electron chi connectivity index (χ1n) is 6.66. The van der Waals surface area contributed by atoms with Gasteiger partial charge in [-0.25, -0.2) is 0 Å². The Labute approximate surface area is 114 Å². The van der Waals surface area contributed by atoms with Crippen molar-refractivity contribution < 1.29 is 9.59 Å². The van der Waals surface area contributed by atoms with Crippen LogP contribution in [0.5, 0.6) is 0 Å². The SMILES string of the molecule is CC(=O)NCCNC(=O)CN1CCN(C)CC1CN. The largest absolute Gasteiger partial charge is 0.355 e. The lowest BCUT2D eigenvalue weighted by atomic mass is 10.1. The number of nitrogens with two attached hydrogens (primary N) is 1. The van der Waals surface area contributed by atoms with E-state index in [0.29, 0.717) is 26.2 Å². The predicted molar refractivity (Wildman–Crippen MR) is 73.6 cm³/mol. The Balaban J connectivity index is 2.25. The lowest BCUT2D eigenvalue weighted by Crippen LogP contribution is -2.57. The summed E-state index contributed by atoms with van der Waals surface area (Å²) < 4.78 is 0. The molecule has 0 radical (unpaired) electrons. The third-order valence-corrected chi connectivity index (χ3v) is 3.25. The number of carbonyl (C=O) groups is 2. The second-order valence-corrected chi connectivity index (χ2v) is 4.96. The van der Waals surface area contributed by atoms with Crippen molar-refractivity contribution >= 4 is 11.8 Å². The van der Waals surface area contributed by atoms with Crippen molar-refractivity contribution in [3.63, 3.8) is 0 Å². The van der Waals surface area contributed by atoms with Crippen LogP contribution in [0, 0.1) is 0 Å². The molecule has 7 nitrogen and oxygen atoms in total. The molecule has 0 aromatic heterocycles. The molecule has 1 rings (SSSR count). The summed E-state index contributed by atoms with van der Waals surface area (Å²) >= 11 is 0. The monoisotopic (exact) mass is 271 g/mol. The zero-order valence-corrected chi connectivity index (χ0v) is 11.8. The molecule has 0 bridgehead atoms. The van der Waals surface area contributed by atoms with Gasteiger partial charge in [-0.3, -0.25) is 14.5 Å². The van der Waals surface area contributed by atoms with Gasteiger partial charge in [0.25, 0.3) is 0 Å². The fourth-order valence-corrected chi connectivity index (χ4v) is 2.16. The summed E-state index contributed by atoms with van der Waals surface area (Å²) in [6.07, 6.45) is 0. The van der Waals surface area contributed by atoms with Gasteiger partial charge in [-0.15, -0.1) is 0 Å². The van der Waals surface area contributed by atoms with Crippen molar-refractivity contribution in [1.82, 2.24) is 20.4 Å². The maximum Gasteiger partial charge on any atom is 0.234 e. The van der Waals surface area contributed by atoms with Gasteiger partial charge in [0.05, 0.1) is 6.54 Å². The molecule has 7 heteroatoms. The molecule has 0 aromatic carbocycles. The van der Waals surface area contributed by atoms with Crippen molar-refractivity contribution in [3.8, 4) is 0 Å². The van der Waals surface area contributed by atoms with Crippen LogP contribution in [0.1, 0.15) is 6.92 Å². The minimum atomic E-state index is -0.0866. The molecule has 0 spiro atoms. The van der Waals surface area contributed by atoms with E-state index in [4.69, 9.17) is 5.73 Å². The van der Waals surface area contributed by atoms with Crippen LogP contribution < -0.4 is 16.4 Å². The van der Waals surface area contributed by atoms with E-state index in [-0.39, 0.29) is 17.9 Å². The highest BCUT2D eigenvalue weighted by Crippen LogP contribution is 2.06. The van der Waals surface area contributed by atoms with Gasteiger partial charge in [0.15, 0.2) is 0 Å². The number of likely N-dealkylation sites (N-methyl/N-ethyl adjacent to an activating group) is 1. The molecule has 0 saturated carbocycles. The molecule has 19 heavy (non-hydrogen) atoms. The zero-order valence-electron chi connectivity index (χ0n) is 11.8. The van der Waals surface area contributed by atoms with E-state index >= 15 is 0 Å². The average Bonchev–Trinajstić information content (AvgIpc) is 2.36. The van der Waals surface area contributed by atoms with Crippen LogP contribution in [-0.2, 0) is 9.59 Å². The predicted octanol–water partition coefficient (Wildman–Crippen LogP) is -2.19. The first-order valence-corrected chi connectivity index (χ1v) is 6.66. The van der Waals surface area contributed by atoms with E-state index in [1.165, 1.54) is 6.92 Å². The Morgan fingerprint density at radius 1 is 1.26 bits per heavy atom. The number of amides is 2. The van der Waals surface area contributed by atoms with Crippen LogP contribution in [-0.4, -0.2) is 80.5 Å². The second kappa shape index (κ2) is 8.08. The van der Waals surface area contributed by atoms with E-state index in [1.807, 2.05) is 0 Å². The number of hydrogen-bond acceptors (Lipinski definition) is 5. The van der Waals surface area contributed by atoms with Crippen LogP contribution in [0.15, 0.2) is 0 Å². The minimum absolute atomic E-state index is 0.0200. The van der Waals surface area contributed by atoms with Gasteiger partial charge in [0.1, 0.15) is 0 Å². The third-order valence-electron chi connectivity index (χ3n) is 3.25. The van der Waals surface area contributed by atoms with E-state index in [1.54, 1.807) is 0 Å². The Hall–Kier alpha value is -1.18. The fourth-order valence-electron chi connectivity index (χ4n) is 2.16. The topological polar surface area (TPSA) is 90.7 Å². The number of carbonyl (C=O) groups excluding carboxylic acids is 2. The van der Waals surface area contributed by atoms with Gasteiger partial charge in [-0.05, 0) is 7.05 Å². The van der Waals surface area contributed by atoms with Crippen molar-refractivity contribution in [2.45, 2.75) is 13.0 Å². The molecule has 1 fully saturated rings. The Morgan fingerprint density at radius 2 is 1.95 bits per heavy atom. The summed E-state index contributed by atoms with van der Waals surface area (Å²) in [6, 6.07) is 0.236. The third kappa shape index (κ3) is 6.00. The zero-order chi connectivity index (χ0) is 14.3. The standard InChI is InChI=1S/C12H25N5O2/c1-10(18)14-3-4-15-12(19)9-17-6-5-16(2)8-11(17)7-13/h11H,3-9,13H2,1-2H3,(H,14,18)(H,15,19). The molecule has 1 unspecified atom stereocenters. The van der Waals surface area contributed by atoms with E-state index < -0.39 is 0 Å². The number of nitrogens with one attached hydrogen (secondary N) is 2. The summed E-state index contributed by atoms with van der Waals surface area (Å²) in [5.41, 5.74) is 5.74. The van der Waals surface area contributed by atoms with Crippen LogP contribution in [0.25, 0.3) is 0 Å². The average molecular weight is 271 g/mol.